The van der Waals surface area contributed by atoms with E-state index in [2.05, 4.69) is 21.7 Å². The zero-order valence-corrected chi connectivity index (χ0v) is 16.0. The van der Waals surface area contributed by atoms with Gasteiger partial charge in [-0.2, -0.15) is 11.3 Å². The Morgan fingerprint density at radius 2 is 2.23 bits per heavy atom. The molecule has 2 fully saturated rings. The molecule has 26 heavy (non-hydrogen) atoms. The Morgan fingerprint density at radius 3 is 2.88 bits per heavy atom. The average molecular weight is 375 g/mol. The highest BCUT2D eigenvalue weighted by Crippen LogP contribution is 2.45. The molecule has 6 heteroatoms. The second-order valence-corrected chi connectivity index (χ2v) is 8.37. The SMILES string of the molecule is COCC1CN(C(=O)c2ccco2)CC12CCN(Cc1ccsc1)CC2. The second kappa shape index (κ2) is 7.55. The largest absolute Gasteiger partial charge is 0.459 e. The highest BCUT2D eigenvalue weighted by molar-refractivity contribution is 7.07. The van der Waals surface area contributed by atoms with E-state index < -0.39 is 0 Å². The van der Waals surface area contributed by atoms with Gasteiger partial charge in [0.1, 0.15) is 0 Å². The molecule has 1 unspecified atom stereocenters. The Hall–Kier alpha value is -1.63. The van der Waals surface area contributed by atoms with Gasteiger partial charge in [-0.1, -0.05) is 0 Å². The minimum atomic E-state index is 0.00804. The van der Waals surface area contributed by atoms with Gasteiger partial charge in [-0.15, -0.1) is 0 Å². The molecule has 4 rings (SSSR count). The third-order valence-electron chi connectivity index (χ3n) is 6.04. The number of carbonyl (C=O) groups is 1. The van der Waals surface area contributed by atoms with Crippen molar-refractivity contribution < 1.29 is 13.9 Å². The van der Waals surface area contributed by atoms with E-state index in [9.17, 15) is 4.79 Å². The Bertz CT molecular complexity index is 706. The number of methoxy groups -OCH3 is 1. The van der Waals surface area contributed by atoms with Crippen LogP contribution in [0.25, 0.3) is 0 Å². The Balaban J connectivity index is 1.43. The number of thiophene rings is 1. The van der Waals surface area contributed by atoms with Gasteiger partial charge in [0, 0.05) is 32.7 Å². The minimum Gasteiger partial charge on any atom is -0.459 e. The van der Waals surface area contributed by atoms with Gasteiger partial charge in [0.05, 0.1) is 12.9 Å². The monoisotopic (exact) mass is 374 g/mol. The van der Waals surface area contributed by atoms with Crippen LogP contribution in [0.3, 0.4) is 0 Å². The van der Waals surface area contributed by atoms with Gasteiger partial charge in [-0.05, 0) is 65.9 Å². The van der Waals surface area contributed by atoms with Crippen LogP contribution >= 0.6 is 11.3 Å². The number of amides is 1. The van der Waals surface area contributed by atoms with Crippen LogP contribution in [0.15, 0.2) is 39.6 Å². The number of carbonyl (C=O) groups excluding carboxylic acids is 1. The molecule has 1 amide bonds. The molecular weight excluding hydrogens is 348 g/mol. The second-order valence-electron chi connectivity index (χ2n) is 7.59. The topological polar surface area (TPSA) is 45.9 Å². The van der Waals surface area contributed by atoms with Crippen LogP contribution in [0, 0.1) is 11.3 Å². The van der Waals surface area contributed by atoms with Gasteiger partial charge in [0.15, 0.2) is 5.76 Å². The maximum atomic E-state index is 12.7. The van der Waals surface area contributed by atoms with Crippen molar-refractivity contribution in [2.75, 3.05) is 39.9 Å². The molecule has 2 aromatic heterocycles. The summed E-state index contributed by atoms with van der Waals surface area (Å²) in [7, 11) is 1.76. The van der Waals surface area contributed by atoms with Crippen molar-refractivity contribution in [2.45, 2.75) is 19.4 Å². The van der Waals surface area contributed by atoms with Crippen LogP contribution in [0.1, 0.15) is 29.0 Å². The molecule has 4 heterocycles. The molecule has 2 aromatic rings. The molecule has 140 valence electrons. The number of likely N-dealkylation sites (tertiary alicyclic amines) is 2. The summed E-state index contributed by atoms with van der Waals surface area (Å²) in [6.45, 7) is 5.48. The lowest BCUT2D eigenvalue weighted by atomic mass is 9.71. The number of hydrogen-bond acceptors (Lipinski definition) is 5. The van der Waals surface area contributed by atoms with Crippen LogP contribution in [0.2, 0.25) is 0 Å². The molecule has 0 aromatic carbocycles. The number of hydrogen-bond donors (Lipinski definition) is 0. The summed E-state index contributed by atoms with van der Waals surface area (Å²) < 4.78 is 10.8. The summed E-state index contributed by atoms with van der Waals surface area (Å²) in [6, 6.07) is 5.73. The van der Waals surface area contributed by atoms with Crippen molar-refractivity contribution in [3.8, 4) is 0 Å². The van der Waals surface area contributed by atoms with E-state index in [1.807, 2.05) is 4.90 Å². The van der Waals surface area contributed by atoms with Crippen LogP contribution in [-0.4, -0.2) is 55.6 Å². The van der Waals surface area contributed by atoms with E-state index in [1.54, 1.807) is 36.8 Å². The third kappa shape index (κ3) is 3.46. The fourth-order valence-electron chi connectivity index (χ4n) is 4.54. The summed E-state index contributed by atoms with van der Waals surface area (Å²) in [5.41, 5.74) is 1.57. The number of ether oxygens (including phenoxy) is 1. The Morgan fingerprint density at radius 1 is 1.38 bits per heavy atom. The fraction of sp³-hybridized carbons (Fsp3) is 0.550. The Kier molecular flexibility index (Phi) is 5.16. The predicted molar refractivity (Wildman–Crippen MR) is 101 cm³/mol. The van der Waals surface area contributed by atoms with E-state index >= 15 is 0 Å². The Labute approximate surface area is 158 Å². The number of rotatable bonds is 5. The molecule has 2 saturated heterocycles. The summed E-state index contributed by atoms with van der Waals surface area (Å²) in [5.74, 6) is 0.844. The van der Waals surface area contributed by atoms with Gasteiger partial charge in [0.2, 0.25) is 0 Å². The lowest BCUT2D eigenvalue weighted by Crippen LogP contribution is -2.45. The zero-order valence-electron chi connectivity index (χ0n) is 15.2. The van der Waals surface area contributed by atoms with Crippen molar-refractivity contribution in [2.24, 2.45) is 11.3 Å². The van der Waals surface area contributed by atoms with Crippen LogP contribution in [0.5, 0.6) is 0 Å². The fourth-order valence-corrected chi connectivity index (χ4v) is 5.20. The number of piperidine rings is 1. The maximum absolute atomic E-state index is 12.7. The summed E-state index contributed by atoms with van der Waals surface area (Å²) >= 11 is 1.76. The molecule has 2 aliphatic rings. The zero-order chi connectivity index (χ0) is 18.0. The highest BCUT2D eigenvalue weighted by atomic mass is 32.1. The van der Waals surface area contributed by atoms with Crippen LogP contribution in [-0.2, 0) is 11.3 Å². The summed E-state index contributed by atoms with van der Waals surface area (Å²) in [6.07, 6.45) is 3.80. The van der Waals surface area contributed by atoms with E-state index in [-0.39, 0.29) is 11.3 Å². The van der Waals surface area contributed by atoms with Gasteiger partial charge in [-0.3, -0.25) is 9.69 Å². The molecule has 1 atom stereocenters. The van der Waals surface area contributed by atoms with Crippen molar-refractivity contribution in [3.05, 3.63) is 46.5 Å². The van der Waals surface area contributed by atoms with Gasteiger partial charge in [-0.25, -0.2) is 0 Å². The molecule has 0 N–H and O–H groups in total. The highest BCUT2D eigenvalue weighted by Gasteiger charge is 2.49. The van der Waals surface area contributed by atoms with E-state index in [1.165, 1.54) is 5.56 Å². The van der Waals surface area contributed by atoms with Gasteiger partial charge >= 0.3 is 0 Å². The first-order valence-electron chi connectivity index (χ1n) is 9.25. The van der Waals surface area contributed by atoms with Gasteiger partial charge < -0.3 is 14.1 Å². The van der Waals surface area contributed by atoms with E-state index in [0.717, 1.165) is 45.6 Å². The average Bonchev–Trinajstić information content (AvgIpc) is 3.40. The molecule has 0 radical (unpaired) electrons. The first-order valence-corrected chi connectivity index (χ1v) is 10.2. The maximum Gasteiger partial charge on any atom is 0.289 e. The first-order chi connectivity index (χ1) is 12.7. The van der Waals surface area contributed by atoms with E-state index in [0.29, 0.717) is 18.3 Å². The smallest absolute Gasteiger partial charge is 0.289 e. The summed E-state index contributed by atoms with van der Waals surface area (Å²) in [5, 5.41) is 4.38. The standard InChI is InChI=1S/C20H26N2O3S/c1-24-13-17-12-22(19(23)18-3-2-9-25-18)15-20(17)5-7-21(8-6-20)11-16-4-10-26-14-16/h2-4,9-10,14,17H,5-8,11-13,15H2,1H3. The van der Waals surface area contributed by atoms with Crippen molar-refractivity contribution in [1.29, 1.82) is 0 Å². The van der Waals surface area contributed by atoms with Gasteiger partial charge in [0.25, 0.3) is 5.91 Å². The molecular formula is C20H26N2O3S. The molecule has 1 spiro atoms. The molecule has 0 saturated carbocycles. The van der Waals surface area contributed by atoms with Crippen molar-refractivity contribution >= 4 is 17.2 Å². The summed E-state index contributed by atoms with van der Waals surface area (Å²) in [4.78, 5) is 17.2. The number of furan rings is 1. The lowest BCUT2D eigenvalue weighted by Gasteiger charge is -2.42. The minimum absolute atomic E-state index is 0.00804. The molecule has 0 aliphatic carbocycles. The first kappa shape index (κ1) is 17.8. The van der Waals surface area contributed by atoms with Crippen LogP contribution < -0.4 is 0 Å². The van der Waals surface area contributed by atoms with Crippen LogP contribution in [0.4, 0.5) is 0 Å². The predicted octanol–water partition coefficient (Wildman–Crippen LogP) is 3.34. The van der Waals surface area contributed by atoms with Crippen molar-refractivity contribution in [3.63, 3.8) is 0 Å². The van der Waals surface area contributed by atoms with E-state index in [4.69, 9.17) is 9.15 Å². The molecule has 0 bridgehead atoms. The quantitative estimate of drug-likeness (QED) is 0.805. The normalized spacial score (nSPS) is 23.0. The molecule has 5 nitrogen and oxygen atoms in total. The third-order valence-corrected chi connectivity index (χ3v) is 6.77. The van der Waals surface area contributed by atoms with Crippen molar-refractivity contribution in [1.82, 2.24) is 9.80 Å². The number of nitrogens with zero attached hydrogens (tertiary/aromatic N) is 2. The lowest BCUT2D eigenvalue weighted by molar-refractivity contribution is 0.0347. The molecule has 2 aliphatic heterocycles.